The number of ether oxygens (including phenoxy) is 1. The summed E-state index contributed by atoms with van der Waals surface area (Å²) in [5.41, 5.74) is 2.19. The molecule has 0 radical (unpaired) electrons. The van der Waals surface area contributed by atoms with Gasteiger partial charge in [0.25, 0.3) is 5.91 Å². The van der Waals surface area contributed by atoms with Crippen molar-refractivity contribution in [1.82, 2.24) is 20.1 Å². The molecular formula is C18H28IN5O2. The molecule has 26 heavy (non-hydrogen) atoms. The molecule has 1 amide bonds. The number of rotatable bonds is 3. The Balaban J connectivity index is 0.00000243. The number of aromatic nitrogens is 1. The summed E-state index contributed by atoms with van der Waals surface area (Å²) in [5.74, 6) is 0.999. The highest BCUT2D eigenvalue weighted by molar-refractivity contribution is 14.0. The van der Waals surface area contributed by atoms with Gasteiger partial charge in [0.1, 0.15) is 6.10 Å². The Morgan fingerprint density at radius 3 is 2.69 bits per heavy atom. The van der Waals surface area contributed by atoms with E-state index in [0.29, 0.717) is 26.2 Å². The zero-order valence-corrected chi connectivity index (χ0v) is 17.8. The summed E-state index contributed by atoms with van der Waals surface area (Å²) < 4.78 is 5.51. The minimum absolute atomic E-state index is 0. The van der Waals surface area contributed by atoms with E-state index in [1.54, 1.807) is 7.05 Å². The van der Waals surface area contributed by atoms with Gasteiger partial charge in [0.15, 0.2) is 5.96 Å². The van der Waals surface area contributed by atoms with Crippen LogP contribution in [0.15, 0.2) is 23.3 Å². The molecule has 0 bridgehead atoms. The first-order chi connectivity index (χ1) is 12.2. The van der Waals surface area contributed by atoms with Gasteiger partial charge in [-0.15, -0.1) is 24.0 Å². The molecule has 7 nitrogen and oxygen atoms in total. The molecule has 0 spiro atoms. The summed E-state index contributed by atoms with van der Waals surface area (Å²) in [6, 6.07) is 4.00. The molecule has 0 saturated carbocycles. The molecule has 0 aromatic carbocycles. The third kappa shape index (κ3) is 5.06. The molecule has 2 fully saturated rings. The Bertz CT molecular complexity index is 626. The number of nitrogens with one attached hydrogen (secondary N) is 1. The van der Waals surface area contributed by atoms with Crippen molar-refractivity contribution in [2.75, 3.05) is 39.8 Å². The first-order valence-electron chi connectivity index (χ1n) is 8.95. The highest BCUT2D eigenvalue weighted by atomic mass is 127. The quantitative estimate of drug-likeness (QED) is 0.409. The lowest BCUT2D eigenvalue weighted by Gasteiger charge is -2.37. The molecule has 1 atom stereocenters. The van der Waals surface area contributed by atoms with E-state index in [-0.39, 0.29) is 36.0 Å². The van der Waals surface area contributed by atoms with E-state index in [1.807, 2.05) is 17.2 Å². The van der Waals surface area contributed by atoms with Crippen LogP contribution in [0.5, 0.6) is 0 Å². The topological polar surface area (TPSA) is 70.1 Å². The Hall–Kier alpha value is -1.42. The van der Waals surface area contributed by atoms with E-state index in [9.17, 15) is 4.79 Å². The van der Waals surface area contributed by atoms with E-state index in [4.69, 9.17) is 4.74 Å². The maximum absolute atomic E-state index is 12.4. The monoisotopic (exact) mass is 473 g/mol. The SMILES string of the molecule is CN=C(NCc1ncccc1C)N1CCN(C(=O)C2CCCO2)CC1.I. The number of carbonyl (C=O) groups excluding carboxylic acids is 1. The van der Waals surface area contributed by atoms with Gasteiger partial charge < -0.3 is 19.9 Å². The van der Waals surface area contributed by atoms with Crippen LogP contribution in [0.25, 0.3) is 0 Å². The molecule has 144 valence electrons. The smallest absolute Gasteiger partial charge is 0.251 e. The van der Waals surface area contributed by atoms with Crippen molar-refractivity contribution in [3.8, 4) is 0 Å². The third-order valence-electron chi connectivity index (χ3n) is 4.84. The van der Waals surface area contributed by atoms with Crippen molar-refractivity contribution in [1.29, 1.82) is 0 Å². The molecule has 2 aliphatic rings. The Labute approximate surface area is 172 Å². The molecule has 2 aliphatic heterocycles. The van der Waals surface area contributed by atoms with E-state index < -0.39 is 0 Å². The van der Waals surface area contributed by atoms with Crippen molar-refractivity contribution in [3.63, 3.8) is 0 Å². The Kier molecular flexibility index (Phi) is 8.08. The summed E-state index contributed by atoms with van der Waals surface area (Å²) >= 11 is 0. The number of aliphatic imine (C=N–C) groups is 1. The second kappa shape index (κ2) is 10.1. The number of aryl methyl sites for hydroxylation is 1. The van der Waals surface area contributed by atoms with Crippen LogP contribution in [0.1, 0.15) is 24.1 Å². The molecular weight excluding hydrogens is 445 g/mol. The average Bonchev–Trinajstić information content (AvgIpc) is 3.18. The summed E-state index contributed by atoms with van der Waals surface area (Å²) in [6.07, 6.45) is 3.42. The number of halogens is 1. The van der Waals surface area contributed by atoms with Crippen molar-refractivity contribution in [2.24, 2.45) is 4.99 Å². The summed E-state index contributed by atoms with van der Waals surface area (Å²) in [7, 11) is 1.79. The molecule has 8 heteroatoms. The lowest BCUT2D eigenvalue weighted by Crippen LogP contribution is -2.55. The van der Waals surface area contributed by atoms with Gasteiger partial charge in [-0.25, -0.2) is 0 Å². The predicted octanol–water partition coefficient (Wildman–Crippen LogP) is 1.41. The van der Waals surface area contributed by atoms with E-state index >= 15 is 0 Å². The lowest BCUT2D eigenvalue weighted by molar-refractivity contribution is -0.142. The first kappa shape index (κ1) is 20.9. The van der Waals surface area contributed by atoms with Gasteiger partial charge in [0.2, 0.25) is 0 Å². The molecule has 1 aromatic heterocycles. The lowest BCUT2D eigenvalue weighted by atomic mass is 10.2. The van der Waals surface area contributed by atoms with Gasteiger partial charge in [-0.05, 0) is 31.4 Å². The van der Waals surface area contributed by atoms with Crippen molar-refractivity contribution >= 4 is 35.8 Å². The fraction of sp³-hybridized carbons (Fsp3) is 0.611. The van der Waals surface area contributed by atoms with Crippen LogP contribution in [0.3, 0.4) is 0 Å². The Morgan fingerprint density at radius 1 is 1.35 bits per heavy atom. The van der Waals surface area contributed by atoms with Crippen molar-refractivity contribution < 1.29 is 9.53 Å². The van der Waals surface area contributed by atoms with Gasteiger partial charge in [0.05, 0.1) is 12.2 Å². The number of pyridine rings is 1. The second-order valence-electron chi connectivity index (χ2n) is 6.48. The zero-order valence-electron chi connectivity index (χ0n) is 15.5. The van der Waals surface area contributed by atoms with Gasteiger partial charge >= 0.3 is 0 Å². The molecule has 3 rings (SSSR count). The summed E-state index contributed by atoms with van der Waals surface area (Å²) in [5, 5.41) is 3.38. The summed E-state index contributed by atoms with van der Waals surface area (Å²) in [4.78, 5) is 25.3. The number of hydrogen-bond donors (Lipinski definition) is 1. The van der Waals surface area contributed by atoms with Crippen LogP contribution in [-0.4, -0.2) is 72.6 Å². The fourth-order valence-corrected chi connectivity index (χ4v) is 3.31. The van der Waals surface area contributed by atoms with Crippen molar-refractivity contribution in [2.45, 2.75) is 32.4 Å². The zero-order chi connectivity index (χ0) is 17.6. The summed E-state index contributed by atoms with van der Waals surface area (Å²) in [6.45, 7) is 6.39. The number of carbonyl (C=O) groups is 1. The molecule has 0 aliphatic carbocycles. The van der Waals surface area contributed by atoms with Crippen LogP contribution >= 0.6 is 24.0 Å². The maximum Gasteiger partial charge on any atom is 0.251 e. The molecule has 3 heterocycles. The highest BCUT2D eigenvalue weighted by Gasteiger charge is 2.30. The molecule has 2 saturated heterocycles. The number of hydrogen-bond acceptors (Lipinski definition) is 4. The van der Waals surface area contributed by atoms with Crippen LogP contribution in [0.4, 0.5) is 0 Å². The van der Waals surface area contributed by atoms with Gasteiger partial charge in [-0.2, -0.15) is 0 Å². The van der Waals surface area contributed by atoms with Gasteiger partial charge in [-0.3, -0.25) is 14.8 Å². The van der Waals surface area contributed by atoms with E-state index in [1.165, 1.54) is 0 Å². The standard InChI is InChI=1S/C18H27N5O2.HI/c1-14-5-3-7-20-15(14)13-21-18(19-2)23-10-8-22(9-11-23)17(24)16-6-4-12-25-16;/h3,5,7,16H,4,6,8-13H2,1-2H3,(H,19,21);1H. The van der Waals surface area contributed by atoms with Crippen LogP contribution < -0.4 is 5.32 Å². The van der Waals surface area contributed by atoms with Crippen LogP contribution in [-0.2, 0) is 16.1 Å². The molecule has 1 aromatic rings. The molecule has 1 unspecified atom stereocenters. The number of amides is 1. The predicted molar refractivity (Wildman–Crippen MR) is 112 cm³/mol. The van der Waals surface area contributed by atoms with Gasteiger partial charge in [0, 0.05) is 46.0 Å². The van der Waals surface area contributed by atoms with Crippen LogP contribution in [0.2, 0.25) is 0 Å². The largest absolute Gasteiger partial charge is 0.368 e. The number of piperazine rings is 1. The maximum atomic E-state index is 12.4. The number of guanidine groups is 1. The van der Waals surface area contributed by atoms with Gasteiger partial charge in [-0.1, -0.05) is 6.07 Å². The fourth-order valence-electron chi connectivity index (χ4n) is 3.31. The Morgan fingerprint density at radius 2 is 2.08 bits per heavy atom. The molecule has 1 N–H and O–H groups in total. The minimum Gasteiger partial charge on any atom is -0.368 e. The highest BCUT2D eigenvalue weighted by Crippen LogP contribution is 2.16. The second-order valence-corrected chi connectivity index (χ2v) is 6.48. The number of nitrogens with zero attached hydrogens (tertiary/aromatic N) is 4. The normalized spacial score (nSPS) is 20.7. The van der Waals surface area contributed by atoms with E-state index in [0.717, 1.165) is 43.1 Å². The third-order valence-corrected chi connectivity index (χ3v) is 4.84. The van der Waals surface area contributed by atoms with E-state index in [2.05, 4.69) is 33.2 Å². The van der Waals surface area contributed by atoms with Crippen molar-refractivity contribution in [3.05, 3.63) is 29.6 Å². The van der Waals surface area contributed by atoms with Crippen LogP contribution in [0, 0.1) is 6.92 Å². The minimum atomic E-state index is -0.226. The first-order valence-corrected chi connectivity index (χ1v) is 8.95. The average molecular weight is 473 g/mol.